The summed E-state index contributed by atoms with van der Waals surface area (Å²) in [5.74, 6) is -2.50. The van der Waals surface area contributed by atoms with E-state index >= 15 is 0 Å². The number of rotatable bonds is 8. The smallest absolute Gasteiger partial charge is 0.263 e. The van der Waals surface area contributed by atoms with Crippen LogP contribution < -0.4 is 15.6 Å². The summed E-state index contributed by atoms with van der Waals surface area (Å²) in [6.07, 6.45) is 4.22. The number of hydrogen-bond donors (Lipinski definition) is 2. The summed E-state index contributed by atoms with van der Waals surface area (Å²) in [5.41, 5.74) is 2.37. The van der Waals surface area contributed by atoms with Crippen molar-refractivity contribution in [2.24, 2.45) is 0 Å². The summed E-state index contributed by atoms with van der Waals surface area (Å²) in [5, 5.41) is 3.37. The van der Waals surface area contributed by atoms with Crippen LogP contribution >= 0.6 is 0 Å². The largest absolute Gasteiger partial charge is 0.491 e. The van der Waals surface area contributed by atoms with E-state index in [9.17, 15) is 22.8 Å². The minimum absolute atomic E-state index is 0.0326. The summed E-state index contributed by atoms with van der Waals surface area (Å²) >= 11 is 0. The molecule has 0 spiro atoms. The number of pyridine rings is 2. The van der Waals surface area contributed by atoms with Crippen LogP contribution in [0.3, 0.4) is 0 Å². The molecule has 0 unspecified atom stereocenters. The van der Waals surface area contributed by atoms with Crippen molar-refractivity contribution in [2.75, 3.05) is 0 Å². The number of aromatic amines is 1. The monoisotopic (exact) mass is 546 g/mol. The Labute approximate surface area is 227 Å². The molecule has 3 heterocycles. The summed E-state index contributed by atoms with van der Waals surface area (Å²) in [4.78, 5) is 33.1. The second-order valence-electron chi connectivity index (χ2n) is 9.57. The molecule has 0 aliphatic heterocycles. The van der Waals surface area contributed by atoms with E-state index in [0.29, 0.717) is 33.5 Å². The molecule has 0 saturated carbocycles. The van der Waals surface area contributed by atoms with E-state index in [0.717, 1.165) is 23.9 Å². The molecular formula is C30H25F3N4O3. The van der Waals surface area contributed by atoms with Crippen LogP contribution in [-0.2, 0) is 13.1 Å². The average molecular weight is 547 g/mol. The molecule has 5 rings (SSSR count). The highest BCUT2D eigenvalue weighted by Crippen LogP contribution is 2.32. The van der Waals surface area contributed by atoms with Crippen molar-refractivity contribution in [3.8, 4) is 16.9 Å². The zero-order valence-electron chi connectivity index (χ0n) is 21.7. The Bertz CT molecular complexity index is 1780. The highest BCUT2D eigenvalue weighted by molar-refractivity contribution is 5.95. The number of benzene rings is 2. The van der Waals surface area contributed by atoms with Crippen molar-refractivity contribution in [1.82, 2.24) is 19.9 Å². The third-order valence-corrected chi connectivity index (χ3v) is 6.20. The number of carbonyl (C=O) groups is 1. The van der Waals surface area contributed by atoms with Gasteiger partial charge in [-0.2, -0.15) is 0 Å². The normalized spacial score (nSPS) is 11.2. The first kappa shape index (κ1) is 26.7. The number of fused-ring (bicyclic) bond motifs is 1. The number of carbonyl (C=O) groups excluding carboxylic acids is 1. The molecule has 40 heavy (non-hydrogen) atoms. The molecule has 0 bridgehead atoms. The van der Waals surface area contributed by atoms with Gasteiger partial charge in [0.05, 0.1) is 18.8 Å². The Hall–Kier alpha value is -4.86. The molecule has 2 aromatic carbocycles. The van der Waals surface area contributed by atoms with Crippen LogP contribution in [0.4, 0.5) is 13.2 Å². The predicted octanol–water partition coefficient (Wildman–Crippen LogP) is 5.57. The number of hydrogen-bond acceptors (Lipinski definition) is 4. The van der Waals surface area contributed by atoms with Crippen molar-refractivity contribution in [1.29, 1.82) is 0 Å². The Morgan fingerprint density at radius 1 is 1.05 bits per heavy atom. The van der Waals surface area contributed by atoms with E-state index in [1.807, 2.05) is 26.0 Å². The van der Waals surface area contributed by atoms with Crippen molar-refractivity contribution in [2.45, 2.75) is 33.0 Å². The summed E-state index contributed by atoms with van der Waals surface area (Å²) in [6.45, 7) is 3.82. The maximum absolute atomic E-state index is 13.9. The molecule has 3 aromatic heterocycles. The highest BCUT2D eigenvalue weighted by Gasteiger charge is 2.15. The molecule has 7 nitrogen and oxygen atoms in total. The molecule has 5 aromatic rings. The minimum atomic E-state index is -1.02. The summed E-state index contributed by atoms with van der Waals surface area (Å²) in [7, 11) is 0. The molecule has 1 amide bonds. The average Bonchev–Trinajstić information content (AvgIpc) is 3.33. The molecule has 0 radical (unpaired) electrons. The van der Waals surface area contributed by atoms with Gasteiger partial charge in [-0.3, -0.25) is 9.59 Å². The van der Waals surface area contributed by atoms with Gasteiger partial charge in [-0.15, -0.1) is 0 Å². The zero-order chi connectivity index (χ0) is 28.4. The van der Waals surface area contributed by atoms with E-state index in [1.165, 1.54) is 35.0 Å². The lowest BCUT2D eigenvalue weighted by Gasteiger charge is -2.14. The molecule has 0 aliphatic carbocycles. The van der Waals surface area contributed by atoms with E-state index in [1.54, 1.807) is 12.3 Å². The van der Waals surface area contributed by atoms with Crippen molar-refractivity contribution >= 4 is 16.9 Å². The Balaban J connectivity index is 1.39. The molecule has 0 atom stereocenters. The van der Waals surface area contributed by atoms with Gasteiger partial charge >= 0.3 is 0 Å². The quantitative estimate of drug-likeness (QED) is 0.266. The van der Waals surface area contributed by atoms with E-state index in [-0.39, 0.29) is 24.8 Å². The van der Waals surface area contributed by atoms with Gasteiger partial charge < -0.3 is 19.6 Å². The standard InChI is InChI=1S/C30H25F3N4O3/c1-17(2)40-22-9-19(8-20(11-22)25-15-35-28-24(25)12-21(31)14-34-28)13-36-29(38)23-4-3-7-37(30(23)39)16-18-5-6-26(32)27(33)10-18/h3-12,14-15,17H,13,16H2,1-2H3,(H,34,35)(H,36,38). The molecular weight excluding hydrogens is 521 g/mol. The number of nitrogens with one attached hydrogen (secondary N) is 2. The van der Waals surface area contributed by atoms with Gasteiger partial charge in [0.15, 0.2) is 11.6 Å². The van der Waals surface area contributed by atoms with Crippen LogP contribution in [0.15, 0.2) is 78.0 Å². The Kier molecular flexibility index (Phi) is 7.41. The van der Waals surface area contributed by atoms with Gasteiger partial charge in [0.2, 0.25) is 0 Å². The second kappa shape index (κ2) is 11.1. The summed E-state index contributed by atoms with van der Waals surface area (Å²) < 4.78 is 48.0. The number of H-pyrrole nitrogens is 1. The molecule has 204 valence electrons. The Morgan fingerprint density at radius 2 is 1.88 bits per heavy atom. The number of halogens is 3. The topological polar surface area (TPSA) is 89.0 Å². The third kappa shape index (κ3) is 5.75. The molecule has 0 saturated heterocycles. The Morgan fingerprint density at radius 3 is 2.65 bits per heavy atom. The maximum Gasteiger partial charge on any atom is 0.263 e. The van der Waals surface area contributed by atoms with Gasteiger partial charge in [-0.05, 0) is 79.1 Å². The van der Waals surface area contributed by atoms with Crippen molar-refractivity contribution < 1.29 is 22.7 Å². The lowest BCUT2D eigenvalue weighted by Crippen LogP contribution is -2.32. The first-order chi connectivity index (χ1) is 19.2. The van der Waals surface area contributed by atoms with E-state index in [4.69, 9.17) is 4.74 Å². The first-order valence-corrected chi connectivity index (χ1v) is 12.5. The molecule has 0 fully saturated rings. The predicted molar refractivity (Wildman–Crippen MR) is 145 cm³/mol. The third-order valence-electron chi connectivity index (χ3n) is 6.20. The summed E-state index contributed by atoms with van der Waals surface area (Å²) in [6, 6.07) is 13.2. The fourth-order valence-corrected chi connectivity index (χ4v) is 4.42. The molecule has 10 heteroatoms. The number of nitrogens with zero attached hydrogens (tertiary/aromatic N) is 2. The van der Waals surface area contributed by atoms with Crippen LogP contribution in [0.5, 0.6) is 5.75 Å². The van der Waals surface area contributed by atoms with Gasteiger partial charge in [0.25, 0.3) is 11.5 Å². The first-order valence-electron chi connectivity index (χ1n) is 12.5. The number of ether oxygens (including phenoxy) is 1. The highest BCUT2D eigenvalue weighted by atomic mass is 19.2. The number of amides is 1. The fraction of sp³-hybridized carbons (Fsp3) is 0.167. The maximum atomic E-state index is 13.9. The molecule has 0 aliphatic rings. The van der Waals surface area contributed by atoms with Crippen LogP contribution in [0, 0.1) is 17.5 Å². The van der Waals surface area contributed by atoms with Crippen LogP contribution in [0.25, 0.3) is 22.2 Å². The molecule has 2 N–H and O–H groups in total. The lowest BCUT2D eigenvalue weighted by molar-refractivity contribution is 0.0948. The van der Waals surface area contributed by atoms with Crippen LogP contribution in [0.1, 0.15) is 35.3 Å². The SMILES string of the molecule is CC(C)Oc1cc(CNC(=O)c2cccn(Cc3ccc(F)c(F)c3)c2=O)cc(-c2c[nH]c3ncc(F)cc23)c1. The number of aromatic nitrogens is 3. The van der Waals surface area contributed by atoms with Gasteiger partial charge in [0, 0.05) is 29.9 Å². The fourth-order valence-electron chi connectivity index (χ4n) is 4.42. The van der Waals surface area contributed by atoms with E-state index < -0.39 is 28.9 Å². The van der Waals surface area contributed by atoms with Crippen LogP contribution in [0.2, 0.25) is 0 Å². The van der Waals surface area contributed by atoms with Crippen LogP contribution in [-0.4, -0.2) is 26.5 Å². The zero-order valence-corrected chi connectivity index (χ0v) is 21.7. The second-order valence-corrected chi connectivity index (χ2v) is 9.57. The lowest BCUT2D eigenvalue weighted by atomic mass is 10.0. The van der Waals surface area contributed by atoms with Crippen molar-refractivity contribution in [3.63, 3.8) is 0 Å². The van der Waals surface area contributed by atoms with Gasteiger partial charge in [-0.25, -0.2) is 18.2 Å². The van der Waals surface area contributed by atoms with Gasteiger partial charge in [0.1, 0.15) is 22.8 Å². The van der Waals surface area contributed by atoms with Crippen molar-refractivity contribution in [3.05, 3.63) is 118 Å². The van der Waals surface area contributed by atoms with E-state index in [2.05, 4.69) is 15.3 Å². The van der Waals surface area contributed by atoms with Gasteiger partial charge in [-0.1, -0.05) is 6.07 Å². The minimum Gasteiger partial charge on any atom is -0.491 e.